The molecule has 1 unspecified atom stereocenters. The lowest BCUT2D eigenvalue weighted by molar-refractivity contribution is 0.430. The summed E-state index contributed by atoms with van der Waals surface area (Å²) in [5, 5.41) is 12.2. The van der Waals surface area contributed by atoms with Gasteiger partial charge >= 0.3 is 0 Å². The summed E-state index contributed by atoms with van der Waals surface area (Å²) in [6, 6.07) is 6.19. The minimum atomic E-state index is 0.342. The third kappa shape index (κ3) is 2.45. The maximum absolute atomic E-state index is 5.79. The van der Waals surface area contributed by atoms with E-state index in [0.717, 1.165) is 35.0 Å². The second-order valence-electron chi connectivity index (χ2n) is 5.55. The molecule has 1 fully saturated rings. The first-order valence-corrected chi connectivity index (χ1v) is 6.79. The SMILES string of the molecule is Cc1cc(N)ccc1-c1nnnn1C(C)CC1CC1. The standard InChI is InChI=1S/C14H19N5/c1-9-7-12(15)5-6-13(9)14-16-17-18-19(14)10(2)8-11-3-4-11/h5-7,10-11H,3-4,8,15H2,1-2H3. The number of benzene rings is 1. The van der Waals surface area contributed by atoms with Crippen LogP contribution in [0.15, 0.2) is 18.2 Å². The zero-order valence-corrected chi connectivity index (χ0v) is 11.4. The quantitative estimate of drug-likeness (QED) is 0.855. The normalized spacial score (nSPS) is 16.5. The van der Waals surface area contributed by atoms with Gasteiger partial charge in [-0.3, -0.25) is 0 Å². The molecule has 1 aliphatic carbocycles. The first-order chi connectivity index (χ1) is 9.15. The molecule has 0 spiro atoms. The summed E-state index contributed by atoms with van der Waals surface area (Å²) < 4.78 is 1.94. The molecular formula is C14H19N5. The summed E-state index contributed by atoms with van der Waals surface area (Å²) in [6.07, 6.45) is 3.86. The van der Waals surface area contributed by atoms with E-state index >= 15 is 0 Å². The molecule has 0 amide bonds. The number of nitrogen functional groups attached to an aromatic ring is 1. The average molecular weight is 257 g/mol. The van der Waals surface area contributed by atoms with Gasteiger partial charge in [-0.2, -0.15) is 0 Å². The van der Waals surface area contributed by atoms with Crippen molar-refractivity contribution in [1.29, 1.82) is 0 Å². The van der Waals surface area contributed by atoms with Crippen LogP contribution in [0.25, 0.3) is 11.4 Å². The van der Waals surface area contributed by atoms with Crippen LogP contribution >= 0.6 is 0 Å². The van der Waals surface area contributed by atoms with Gasteiger partial charge in [0.15, 0.2) is 5.82 Å². The van der Waals surface area contributed by atoms with Gasteiger partial charge in [0.25, 0.3) is 0 Å². The van der Waals surface area contributed by atoms with Crippen LogP contribution in [0.1, 0.15) is 37.8 Å². The van der Waals surface area contributed by atoms with Crippen molar-refractivity contribution in [1.82, 2.24) is 20.2 Å². The van der Waals surface area contributed by atoms with Crippen LogP contribution in [-0.4, -0.2) is 20.2 Å². The largest absolute Gasteiger partial charge is 0.399 e. The Bertz CT molecular complexity index is 585. The predicted octanol–water partition coefficient (Wildman–Crippen LogP) is 2.59. The van der Waals surface area contributed by atoms with Gasteiger partial charge in [-0.1, -0.05) is 12.8 Å². The smallest absolute Gasteiger partial charge is 0.182 e. The maximum atomic E-state index is 5.79. The monoisotopic (exact) mass is 257 g/mol. The Labute approximate surface area is 112 Å². The van der Waals surface area contributed by atoms with E-state index in [9.17, 15) is 0 Å². The third-order valence-corrected chi connectivity index (χ3v) is 3.77. The molecule has 3 rings (SSSR count). The molecule has 5 nitrogen and oxygen atoms in total. The highest BCUT2D eigenvalue weighted by atomic mass is 15.5. The van der Waals surface area contributed by atoms with E-state index in [1.54, 1.807) is 0 Å². The molecule has 0 bridgehead atoms. The Morgan fingerprint density at radius 3 is 2.89 bits per heavy atom. The number of aryl methyl sites for hydroxylation is 1. The van der Waals surface area contributed by atoms with Gasteiger partial charge in [-0.25, -0.2) is 4.68 Å². The van der Waals surface area contributed by atoms with Crippen molar-refractivity contribution < 1.29 is 0 Å². The minimum absolute atomic E-state index is 0.342. The molecule has 1 heterocycles. The van der Waals surface area contributed by atoms with Gasteiger partial charge in [0.2, 0.25) is 0 Å². The van der Waals surface area contributed by atoms with Crippen molar-refractivity contribution in [2.75, 3.05) is 5.73 Å². The topological polar surface area (TPSA) is 69.6 Å². The molecule has 1 aliphatic rings. The van der Waals surface area contributed by atoms with E-state index in [-0.39, 0.29) is 0 Å². The molecule has 5 heteroatoms. The summed E-state index contributed by atoms with van der Waals surface area (Å²) in [5.74, 6) is 1.70. The van der Waals surface area contributed by atoms with Crippen LogP contribution in [0.2, 0.25) is 0 Å². The highest BCUT2D eigenvalue weighted by Gasteiger charge is 2.26. The highest BCUT2D eigenvalue weighted by Crippen LogP contribution is 2.37. The van der Waals surface area contributed by atoms with Crippen LogP contribution in [0.3, 0.4) is 0 Å². The number of aromatic nitrogens is 4. The van der Waals surface area contributed by atoms with Crippen LogP contribution in [0.4, 0.5) is 5.69 Å². The third-order valence-electron chi connectivity index (χ3n) is 3.77. The van der Waals surface area contributed by atoms with E-state index in [0.29, 0.717) is 6.04 Å². The Morgan fingerprint density at radius 2 is 2.21 bits per heavy atom. The molecule has 1 saturated carbocycles. The number of hydrogen-bond donors (Lipinski definition) is 1. The van der Waals surface area contributed by atoms with Crippen molar-refractivity contribution in [3.05, 3.63) is 23.8 Å². The van der Waals surface area contributed by atoms with Crippen LogP contribution in [0, 0.1) is 12.8 Å². The summed E-state index contributed by atoms with van der Waals surface area (Å²) >= 11 is 0. The molecule has 2 N–H and O–H groups in total. The summed E-state index contributed by atoms with van der Waals surface area (Å²) in [5.41, 5.74) is 8.73. The second-order valence-corrected chi connectivity index (χ2v) is 5.55. The van der Waals surface area contributed by atoms with E-state index < -0.39 is 0 Å². The van der Waals surface area contributed by atoms with Gasteiger partial charge < -0.3 is 5.73 Å². The van der Waals surface area contributed by atoms with Crippen molar-refractivity contribution in [3.8, 4) is 11.4 Å². The molecular weight excluding hydrogens is 238 g/mol. The van der Waals surface area contributed by atoms with Gasteiger partial charge in [0.05, 0.1) is 6.04 Å². The van der Waals surface area contributed by atoms with Crippen LogP contribution in [-0.2, 0) is 0 Å². The second kappa shape index (κ2) is 4.64. The van der Waals surface area contributed by atoms with Crippen molar-refractivity contribution in [3.63, 3.8) is 0 Å². The first kappa shape index (κ1) is 12.1. The molecule has 2 aromatic rings. The predicted molar refractivity (Wildman–Crippen MR) is 74.5 cm³/mol. The zero-order valence-electron chi connectivity index (χ0n) is 11.4. The van der Waals surface area contributed by atoms with E-state index in [1.165, 1.54) is 12.8 Å². The molecule has 1 atom stereocenters. The van der Waals surface area contributed by atoms with Crippen molar-refractivity contribution in [2.24, 2.45) is 5.92 Å². The maximum Gasteiger partial charge on any atom is 0.182 e. The molecule has 1 aromatic heterocycles. The van der Waals surface area contributed by atoms with Gasteiger partial charge in [-0.15, -0.1) is 5.10 Å². The fourth-order valence-electron chi connectivity index (χ4n) is 2.54. The van der Waals surface area contributed by atoms with E-state index in [4.69, 9.17) is 5.73 Å². The Balaban J connectivity index is 1.93. The Hall–Kier alpha value is -1.91. The number of anilines is 1. The lowest BCUT2D eigenvalue weighted by atomic mass is 10.1. The zero-order chi connectivity index (χ0) is 13.4. The lowest BCUT2D eigenvalue weighted by Gasteiger charge is -2.14. The lowest BCUT2D eigenvalue weighted by Crippen LogP contribution is -2.10. The van der Waals surface area contributed by atoms with Gasteiger partial charge in [0, 0.05) is 11.3 Å². The van der Waals surface area contributed by atoms with Crippen molar-refractivity contribution in [2.45, 2.75) is 39.2 Å². The molecule has 0 saturated heterocycles. The summed E-state index contributed by atoms with van der Waals surface area (Å²) in [4.78, 5) is 0. The molecule has 1 aromatic carbocycles. The average Bonchev–Trinajstić information content (AvgIpc) is 3.04. The number of nitrogens with zero attached hydrogens (tertiary/aromatic N) is 4. The summed E-state index contributed by atoms with van der Waals surface area (Å²) in [7, 11) is 0. The first-order valence-electron chi connectivity index (χ1n) is 6.79. The molecule has 0 aliphatic heterocycles. The Kier molecular flexibility index (Phi) is 2.97. The van der Waals surface area contributed by atoms with Crippen LogP contribution in [0.5, 0.6) is 0 Å². The molecule has 19 heavy (non-hydrogen) atoms. The van der Waals surface area contributed by atoms with E-state index in [2.05, 4.69) is 22.4 Å². The fraction of sp³-hybridized carbons (Fsp3) is 0.500. The highest BCUT2D eigenvalue weighted by molar-refractivity contribution is 5.63. The summed E-state index contributed by atoms with van der Waals surface area (Å²) in [6.45, 7) is 4.22. The molecule has 100 valence electrons. The number of tetrazole rings is 1. The van der Waals surface area contributed by atoms with Crippen LogP contribution < -0.4 is 5.73 Å². The number of nitrogens with two attached hydrogens (primary N) is 1. The minimum Gasteiger partial charge on any atom is -0.399 e. The molecule has 0 radical (unpaired) electrons. The van der Waals surface area contributed by atoms with E-state index in [1.807, 2.05) is 29.8 Å². The van der Waals surface area contributed by atoms with Gasteiger partial charge in [0.1, 0.15) is 0 Å². The number of hydrogen-bond acceptors (Lipinski definition) is 4. The Morgan fingerprint density at radius 1 is 1.42 bits per heavy atom. The number of rotatable bonds is 4. The van der Waals surface area contributed by atoms with Crippen molar-refractivity contribution >= 4 is 5.69 Å². The van der Waals surface area contributed by atoms with Gasteiger partial charge in [-0.05, 0) is 60.4 Å². The fourth-order valence-corrected chi connectivity index (χ4v) is 2.54.